The highest BCUT2D eigenvalue weighted by Crippen LogP contribution is 2.38. The first kappa shape index (κ1) is 24.0. The van der Waals surface area contributed by atoms with Gasteiger partial charge in [0.2, 0.25) is 15.9 Å². The number of carbonyl (C=O) groups is 1. The number of likely N-dealkylation sites (tertiary alicyclic amines) is 1. The van der Waals surface area contributed by atoms with Crippen molar-refractivity contribution >= 4 is 38.9 Å². The number of piperidine rings is 1. The number of anilines is 4. The minimum absolute atomic E-state index is 0.0683. The lowest BCUT2D eigenvalue weighted by Gasteiger charge is -2.45. The second kappa shape index (κ2) is 9.40. The van der Waals surface area contributed by atoms with Gasteiger partial charge in [0.15, 0.2) is 5.82 Å². The Morgan fingerprint density at radius 3 is 2.43 bits per heavy atom. The lowest BCUT2D eigenvalue weighted by Crippen LogP contribution is -2.57. The van der Waals surface area contributed by atoms with Gasteiger partial charge in [-0.3, -0.25) is 4.79 Å². The molecule has 5 rings (SSSR count). The van der Waals surface area contributed by atoms with E-state index in [9.17, 15) is 13.2 Å². The summed E-state index contributed by atoms with van der Waals surface area (Å²) in [7, 11) is 0.423. The zero-order valence-electron chi connectivity index (χ0n) is 20.6. The maximum absolute atomic E-state index is 13.0. The summed E-state index contributed by atoms with van der Waals surface area (Å²) in [6.45, 7) is 5.08. The molecule has 2 aromatic rings. The number of nitrogens with one attached hydrogen (secondary N) is 1. The van der Waals surface area contributed by atoms with Crippen molar-refractivity contribution in [3.63, 3.8) is 0 Å². The van der Waals surface area contributed by atoms with Gasteiger partial charge in [-0.2, -0.15) is 4.31 Å². The van der Waals surface area contributed by atoms with Gasteiger partial charge in [-0.25, -0.2) is 13.4 Å². The summed E-state index contributed by atoms with van der Waals surface area (Å²) in [5.41, 5.74) is 1.46. The first-order valence-corrected chi connectivity index (χ1v) is 13.8. The van der Waals surface area contributed by atoms with Crippen molar-refractivity contribution in [3.05, 3.63) is 36.4 Å². The molecule has 0 saturated carbocycles. The highest BCUT2D eigenvalue weighted by molar-refractivity contribution is 7.89. The minimum Gasteiger partial charge on any atom is -0.340 e. The molecule has 2 fully saturated rings. The molecule has 3 aliphatic rings. The average molecular weight is 499 g/mol. The molecule has 0 radical (unpaired) electrons. The van der Waals surface area contributed by atoms with Crippen LogP contribution in [0.5, 0.6) is 0 Å². The molecule has 35 heavy (non-hydrogen) atoms. The van der Waals surface area contributed by atoms with Crippen molar-refractivity contribution in [2.24, 2.45) is 0 Å². The number of fused-ring (bicyclic) bond motifs is 1. The summed E-state index contributed by atoms with van der Waals surface area (Å²) < 4.78 is 27.6. The molecule has 1 N–H and O–H groups in total. The van der Waals surface area contributed by atoms with Gasteiger partial charge in [0.1, 0.15) is 11.9 Å². The number of aromatic nitrogens is 1. The molecule has 9 nitrogen and oxygen atoms in total. The van der Waals surface area contributed by atoms with Crippen molar-refractivity contribution in [1.82, 2.24) is 14.2 Å². The van der Waals surface area contributed by atoms with Crippen LogP contribution in [0.1, 0.15) is 32.6 Å². The molecule has 0 bridgehead atoms. The standard InChI is InChI=1S/C25H34N6O3S/c1-18-25(32)29(3)22-9-10-23(27-24(22)31(18)20-11-15-28(2)16-12-20)26-19-7-6-8-21(17-19)35(33,34)30-13-4-5-14-30/h6-10,17-18,20H,4-5,11-16H2,1-3H3,(H,26,27)/t18-/m1/s1. The minimum atomic E-state index is -3.50. The fourth-order valence-electron chi connectivity index (χ4n) is 5.39. The van der Waals surface area contributed by atoms with E-state index in [1.807, 2.05) is 25.1 Å². The number of hydrogen-bond donors (Lipinski definition) is 1. The SMILES string of the molecule is C[C@@H]1C(=O)N(C)c2ccc(Nc3cccc(S(=O)(=O)N4CCCC4)c3)nc2N1C1CCN(C)CC1. The Morgan fingerprint density at radius 2 is 1.71 bits per heavy atom. The number of rotatable bonds is 5. The van der Waals surface area contributed by atoms with E-state index in [4.69, 9.17) is 4.98 Å². The summed E-state index contributed by atoms with van der Waals surface area (Å²) in [4.78, 5) is 24.4. The number of likely N-dealkylation sites (N-methyl/N-ethyl adjacent to an activating group) is 1. The molecule has 1 amide bonds. The van der Waals surface area contributed by atoms with E-state index in [1.54, 1.807) is 34.5 Å². The zero-order chi connectivity index (χ0) is 24.7. The number of nitrogens with zero attached hydrogens (tertiary/aromatic N) is 5. The van der Waals surface area contributed by atoms with Gasteiger partial charge >= 0.3 is 0 Å². The molecule has 0 unspecified atom stereocenters. The van der Waals surface area contributed by atoms with E-state index >= 15 is 0 Å². The molecule has 3 aliphatic heterocycles. The van der Waals surface area contributed by atoms with Gasteiger partial charge in [-0.15, -0.1) is 0 Å². The number of pyridine rings is 1. The predicted octanol–water partition coefficient (Wildman–Crippen LogP) is 2.88. The van der Waals surface area contributed by atoms with Crippen LogP contribution in [0.15, 0.2) is 41.3 Å². The van der Waals surface area contributed by atoms with Crippen LogP contribution in [0.4, 0.5) is 23.0 Å². The predicted molar refractivity (Wildman–Crippen MR) is 138 cm³/mol. The van der Waals surface area contributed by atoms with E-state index < -0.39 is 10.0 Å². The third-order valence-electron chi connectivity index (χ3n) is 7.46. The number of amides is 1. The average Bonchev–Trinajstić information content (AvgIpc) is 3.40. The van der Waals surface area contributed by atoms with Gasteiger partial charge in [-0.05, 0) is 83.1 Å². The van der Waals surface area contributed by atoms with Crippen LogP contribution < -0.4 is 15.1 Å². The molecule has 10 heteroatoms. The molecular formula is C25H34N6O3S. The summed E-state index contributed by atoms with van der Waals surface area (Å²) in [5, 5.41) is 3.30. The Balaban J connectivity index is 1.44. The van der Waals surface area contributed by atoms with Gasteiger partial charge < -0.3 is 20.0 Å². The van der Waals surface area contributed by atoms with Crippen molar-refractivity contribution < 1.29 is 13.2 Å². The Kier molecular flexibility index (Phi) is 6.45. The van der Waals surface area contributed by atoms with E-state index in [1.165, 1.54) is 0 Å². The molecule has 188 valence electrons. The molecule has 0 aliphatic carbocycles. The van der Waals surface area contributed by atoms with Crippen LogP contribution in [-0.4, -0.2) is 80.9 Å². The summed E-state index contributed by atoms with van der Waals surface area (Å²) in [6, 6.07) is 10.6. The summed E-state index contributed by atoms with van der Waals surface area (Å²) in [5.74, 6) is 1.48. The monoisotopic (exact) mass is 498 g/mol. The van der Waals surface area contributed by atoms with Crippen LogP contribution in [-0.2, 0) is 14.8 Å². The van der Waals surface area contributed by atoms with Crippen LogP contribution in [0, 0.1) is 0 Å². The molecule has 0 spiro atoms. The van der Waals surface area contributed by atoms with E-state index in [2.05, 4.69) is 22.2 Å². The Hall–Kier alpha value is -2.69. The number of carbonyl (C=O) groups excluding carboxylic acids is 1. The van der Waals surface area contributed by atoms with E-state index in [-0.39, 0.29) is 22.9 Å². The molecule has 1 aromatic carbocycles. The second-order valence-electron chi connectivity index (χ2n) is 9.82. The first-order chi connectivity index (χ1) is 16.8. The smallest absolute Gasteiger partial charge is 0.249 e. The lowest BCUT2D eigenvalue weighted by atomic mass is 9.99. The van der Waals surface area contributed by atoms with E-state index in [0.29, 0.717) is 24.6 Å². The molecule has 1 aromatic heterocycles. The van der Waals surface area contributed by atoms with Crippen molar-refractivity contribution in [2.75, 3.05) is 55.4 Å². The van der Waals surface area contributed by atoms with Crippen LogP contribution in [0.3, 0.4) is 0 Å². The van der Waals surface area contributed by atoms with Crippen LogP contribution in [0.2, 0.25) is 0 Å². The van der Waals surface area contributed by atoms with Crippen molar-refractivity contribution in [1.29, 1.82) is 0 Å². The van der Waals surface area contributed by atoms with E-state index in [0.717, 1.165) is 50.3 Å². The topological polar surface area (TPSA) is 89.1 Å². The largest absolute Gasteiger partial charge is 0.340 e. The maximum atomic E-state index is 13.0. The molecule has 4 heterocycles. The lowest BCUT2D eigenvalue weighted by molar-refractivity contribution is -0.119. The normalized spacial score (nSPS) is 22.5. The van der Waals surface area contributed by atoms with Crippen molar-refractivity contribution in [2.45, 2.75) is 49.6 Å². The van der Waals surface area contributed by atoms with Gasteiger partial charge in [0, 0.05) is 31.9 Å². The number of sulfonamides is 1. The Bertz CT molecular complexity index is 1210. The van der Waals surface area contributed by atoms with Crippen LogP contribution >= 0.6 is 0 Å². The summed E-state index contributed by atoms with van der Waals surface area (Å²) >= 11 is 0. The second-order valence-corrected chi connectivity index (χ2v) is 11.8. The Labute approximate surface area is 207 Å². The molecule has 2 saturated heterocycles. The third kappa shape index (κ3) is 4.50. The zero-order valence-corrected chi connectivity index (χ0v) is 21.5. The van der Waals surface area contributed by atoms with Gasteiger partial charge in [0.25, 0.3) is 0 Å². The maximum Gasteiger partial charge on any atom is 0.249 e. The fraction of sp³-hybridized carbons (Fsp3) is 0.520. The first-order valence-electron chi connectivity index (χ1n) is 12.4. The Morgan fingerprint density at radius 1 is 1.00 bits per heavy atom. The van der Waals surface area contributed by atoms with Crippen molar-refractivity contribution in [3.8, 4) is 0 Å². The number of benzene rings is 1. The quantitative estimate of drug-likeness (QED) is 0.678. The summed E-state index contributed by atoms with van der Waals surface area (Å²) in [6.07, 6.45) is 3.76. The molecular weight excluding hydrogens is 464 g/mol. The van der Waals surface area contributed by atoms with Gasteiger partial charge in [-0.1, -0.05) is 6.07 Å². The number of hydrogen-bond acceptors (Lipinski definition) is 7. The highest BCUT2D eigenvalue weighted by atomic mass is 32.2. The molecule has 1 atom stereocenters. The van der Waals surface area contributed by atoms with Crippen LogP contribution in [0.25, 0.3) is 0 Å². The fourth-order valence-corrected chi connectivity index (χ4v) is 6.95. The third-order valence-corrected chi connectivity index (χ3v) is 9.35. The highest BCUT2D eigenvalue weighted by Gasteiger charge is 2.39. The van der Waals surface area contributed by atoms with Gasteiger partial charge in [0.05, 0.1) is 10.6 Å².